The Hall–Kier alpha value is -3.10. The van der Waals surface area contributed by atoms with Gasteiger partial charge < -0.3 is 15.0 Å². The number of nitrogens with one attached hydrogen (secondary N) is 1. The maximum Gasteiger partial charge on any atom is 0.251 e. The van der Waals surface area contributed by atoms with Gasteiger partial charge in [-0.2, -0.15) is 0 Å². The Morgan fingerprint density at radius 3 is 2.48 bits per heavy atom. The minimum absolute atomic E-state index is 0.157. The molecule has 1 N–H and O–H groups in total. The second-order valence-electron chi connectivity index (χ2n) is 12.1. The van der Waals surface area contributed by atoms with Crippen molar-refractivity contribution < 1.29 is 22.3 Å². The Labute approximate surface area is 245 Å². The summed E-state index contributed by atoms with van der Waals surface area (Å²) >= 11 is 0. The zero-order chi connectivity index (χ0) is 29.1. The van der Waals surface area contributed by atoms with Crippen LogP contribution in [0.4, 0.5) is 23.2 Å². The molecule has 2 atom stereocenters. The van der Waals surface area contributed by atoms with Crippen LogP contribution in [0.25, 0.3) is 0 Å². The lowest BCUT2D eigenvalue weighted by atomic mass is 9.74. The average molecular weight is 582 g/mol. The van der Waals surface area contributed by atoms with Gasteiger partial charge in [0.25, 0.3) is 6.43 Å². The zero-order valence-electron chi connectivity index (χ0n) is 23.9. The number of fused-ring (bicyclic) bond motifs is 1. The van der Waals surface area contributed by atoms with E-state index in [0.717, 1.165) is 69.4 Å². The van der Waals surface area contributed by atoms with E-state index in [1.807, 2.05) is 36.4 Å². The van der Waals surface area contributed by atoms with Gasteiger partial charge in [-0.05, 0) is 98.0 Å². The van der Waals surface area contributed by atoms with Gasteiger partial charge >= 0.3 is 0 Å². The monoisotopic (exact) mass is 581 g/mol. The number of hydrogen-bond donors (Lipinski definition) is 1. The number of ether oxygens (including phenoxy) is 1. The summed E-state index contributed by atoms with van der Waals surface area (Å²) in [6.45, 7) is 3.62. The number of nitrogens with zero attached hydrogens (tertiary/aromatic N) is 2. The van der Waals surface area contributed by atoms with Gasteiger partial charge in [0.2, 0.25) is 0 Å². The quantitative estimate of drug-likeness (QED) is 0.301. The summed E-state index contributed by atoms with van der Waals surface area (Å²) in [6.07, 6.45) is 3.27. The fraction of sp³-hybridized carbons (Fsp3) is 0.471. The third kappa shape index (κ3) is 6.30. The summed E-state index contributed by atoms with van der Waals surface area (Å²) in [6, 6.07) is 17.1. The van der Waals surface area contributed by atoms with Crippen molar-refractivity contribution in [1.82, 2.24) is 10.2 Å². The van der Waals surface area contributed by atoms with Crippen molar-refractivity contribution in [3.63, 3.8) is 0 Å². The molecule has 3 aromatic rings. The molecule has 0 radical (unpaired) electrons. The molecule has 0 bridgehead atoms. The molecule has 6 rings (SSSR count). The van der Waals surface area contributed by atoms with E-state index in [0.29, 0.717) is 30.0 Å². The molecule has 3 aliphatic heterocycles. The average Bonchev–Trinajstić information content (AvgIpc) is 3.21. The van der Waals surface area contributed by atoms with Gasteiger partial charge in [0.05, 0.1) is 12.6 Å². The van der Waals surface area contributed by atoms with Crippen molar-refractivity contribution in [2.45, 2.75) is 57.6 Å². The summed E-state index contributed by atoms with van der Waals surface area (Å²) in [5.41, 5.74) is 3.05. The highest BCUT2D eigenvalue weighted by atomic mass is 19.3. The molecule has 0 saturated carbocycles. The predicted octanol–water partition coefficient (Wildman–Crippen LogP) is 7.12. The highest BCUT2D eigenvalue weighted by Gasteiger charge is 2.38. The Balaban J connectivity index is 1.29. The molecular formula is C34H39F4N3O. The second-order valence-corrected chi connectivity index (χ2v) is 12.1. The summed E-state index contributed by atoms with van der Waals surface area (Å²) in [5.74, 6) is -0.731. The summed E-state index contributed by atoms with van der Waals surface area (Å²) < 4.78 is 65.4. The van der Waals surface area contributed by atoms with Gasteiger partial charge in [-0.3, -0.25) is 4.90 Å². The van der Waals surface area contributed by atoms with Crippen LogP contribution in [0.5, 0.6) is 5.75 Å². The maximum absolute atomic E-state index is 16.0. The maximum atomic E-state index is 16.0. The van der Waals surface area contributed by atoms with Crippen LogP contribution in [0.3, 0.4) is 0 Å². The van der Waals surface area contributed by atoms with E-state index in [9.17, 15) is 8.78 Å². The first-order chi connectivity index (χ1) is 20.4. The lowest BCUT2D eigenvalue weighted by Gasteiger charge is -2.44. The molecule has 0 aliphatic carbocycles. The molecule has 4 nitrogen and oxygen atoms in total. The summed E-state index contributed by atoms with van der Waals surface area (Å²) in [7, 11) is 0. The van der Waals surface area contributed by atoms with E-state index in [-0.39, 0.29) is 17.5 Å². The Morgan fingerprint density at radius 2 is 1.69 bits per heavy atom. The van der Waals surface area contributed by atoms with Crippen molar-refractivity contribution in [3.05, 3.63) is 94.6 Å². The van der Waals surface area contributed by atoms with Crippen molar-refractivity contribution in [2.75, 3.05) is 44.2 Å². The first kappa shape index (κ1) is 29.0. The van der Waals surface area contributed by atoms with Crippen LogP contribution in [0.2, 0.25) is 0 Å². The van der Waals surface area contributed by atoms with Crippen molar-refractivity contribution >= 4 is 5.69 Å². The van der Waals surface area contributed by atoms with Gasteiger partial charge in [-0.25, -0.2) is 17.6 Å². The lowest BCUT2D eigenvalue weighted by molar-refractivity contribution is 0.0686. The third-order valence-corrected chi connectivity index (χ3v) is 9.32. The molecule has 8 heteroatoms. The van der Waals surface area contributed by atoms with E-state index in [2.05, 4.69) is 10.2 Å². The van der Waals surface area contributed by atoms with Crippen LogP contribution in [-0.2, 0) is 13.0 Å². The van der Waals surface area contributed by atoms with E-state index in [1.165, 1.54) is 17.0 Å². The van der Waals surface area contributed by atoms with Crippen LogP contribution >= 0.6 is 0 Å². The lowest BCUT2D eigenvalue weighted by Crippen LogP contribution is -2.44. The largest absolute Gasteiger partial charge is 0.489 e. The topological polar surface area (TPSA) is 27.7 Å². The minimum atomic E-state index is -2.62. The van der Waals surface area contributed by atoms with E-state index in [4.69, 9.17) is 4.74 Å². The molecule has 3 aliphatic rings. The molecule has 2 saturated heterocycles. The number of alkyl halides is 2. The van der Waals surface area contributed by atoms with Gasteiger partial charge in [0.1, 0.15) is 24.0 Å². The Morgan fingerprint density at radius 1 is 0.905 bits per heavy atom. The number of halogens is 4. The van der Waals surface area contributed by atoms with Crippen LogP contribution in [0.15, 0.2) is 60.7 Å². The van der Waals surface area contributed by atoms with Gasteiger partial charge in [-0.1, -0.05) is 36.4 Å². The standard InChI is InChI=1S/C34H39F4N3O/c35-29-19-26(41-16-5-12-34(23-41)11-4-14-39-15-13-34)20-30(36)32(29)33-28-9-8-27(42-22-24-6-2-1-3-7-24)18-25(28)10-17-40(33)21-31(37)38/h1-3,6-9,18-20,31,33,39H,4-5,10-17,21-23H2. The molecular weight excluding hydrogens is 542 g/mol. The minimum Gasteiger partial charge on any atom is -0.489 e. The number of benzene rings is 3. The molecule has 1 spiro atoms. The Kier molecular flexibility index (Phi) is 8.72. The smallest absolute Gasteiger partial charge is 0.251 e. The SMILES string of the molecule is Fc1cc(N2CCCC3(CCCNCC3)C2)cc(F)c1C1c2ccc(OCc3ccccc3)cc2CCN1CC(F)F. The van der Waals surface area contributed by atoms with Gasteiger partial charge in [0, 0.05) is 30.9 Å². The van der Waals surface area contributed by atoms with E-state index in [1.54, 1.807) is 12.1 Å². The fourth-order valence-electron chi connectivity index (χ4n) is 7.24. The second kappa shape index (κ2) is 12.6. The highest BCUT2D eigenvalue weighted by molar-refractivity contribution is 5.53. The Bertz CT molecular complexity index is 1340. The molecule has 0 amide bonds. The molecule has 0 aromatic heterocycles. The molecule has 2 fully saturated rings. The number of hydrogen-bond acceptors (Lipinski definition) is 4. The van der Waals surface area contributed by atoms with Gasteiger partial charge in [0.15, 0.2) is 0 Å². The summed E-state index contributed by atoms with van der Waals surface area (Å²) in [5, 5.41) is 3.47. The predicted molar refractivity (Wildman–Crippen MR) is 157 cm³/mol. The van der Waals surface area contributed by atoms with Crippen molar-refractivity contribution in [1.29, 1.82) is 0 Å². The molecule has 224 valence electrons. The third-order valence-electron chi connectivity index (χ3n) is 9.32. The number of piperidine rings is 1. The van der Waals surface area contributed by atoms with E-state index < -0.39 is 30.6 Å². The summed E-state index contributed by atoms with van der Waals surface area (Å²) in [4.78, 5) is 3.62. The first-order valence-electron chi connectivity index (χ1n) is 15.2. The molecule has 2 unspecified atom stereocenters. The van der Waals surface area contributed by atoms with Crippen LogP contribution < -0.4 is 15.0 Å². The highest BCUT2D eigenvalue weighted by Crippen LogP contribution is 2.43. The van der Waals surface area contributed by atoms with Gasteiger partial charge in [-0.15, -0.1) is 0 Å². The molecule has 42 heavy (non-hydrogen) atoms. The van der Waals surface area contributed by atoms with Crippen molar-refractivity contribution in [2.24, 2.45) is 5.41 Å². The van der Waals surface area contributed by atoms with Crippen LogP contribution in [-0.4, -0.2) is 50.6 Å². The van der Waals surface area contributed by atoms with Crippen LogP contribution in [0, 0.1) is 17.0 Å². The first-order valence-corrected chi connectivity index (χ1v) is 15.2. The van der Waals surface area contributed by atoms with E-state index >= 15 is 8.78 Å². The van der Waals surface area contributed by atoms with Crippen LogP contribution in [0.1, 0.15) is 60.4 Å². The number of anilines is 1. The normalized spacial score (nSPS) is 23.2. The molecule has 3 aromatic carbocycles. The fourth-order valence-corrected chi connectivity index (χ4v) is 7.24. The molecule has 3 heterocycles. The number of rotatable bonds is 7. The zero-order valence-corrected chi connectivity index (χ0v) is 23.9. The van der Waals surface area contributed by atoms with Crippen molar-refractivity contribution in [3.8, 4) is 5.75 Å².